The molecule has 0 bridgehead atoms. The van der Waals surface area contributed by atoms with Crippen LogP contribution in [-0.2, 0) is 28.2 Å². The summed E-state index contributed by atoms with van der Waals surface area (Å²) in [5, 5.41) is 11.5. The van der Waals surface area contributed by atoms with Crippen LogP contribution in [0, 0.1) is 17.2 Å². The Hall–Kier alpha value is -2.99. The molecule has 186 valence electrons. The molecule has 0 radical (unpaired) electrons. The number of benzene rings is 2. The predicted octanol–water partition coefficient (Wildman–Crippen LogP) is 3.31. The summed E-state index contributed by atoms with van der Waals surface area (Å²) in [5.41, 5.74) is 0. The second-order valence-electron chi connectivity index (χ2n) is 9.73. The van der Waals surface area contributed by atoms with Gasteiger partial charge in [0.15, 0.2) is 6.10 Å². The second kappa shape index (κ2) is 11.2. The highest BCUT2D eigenvalue weighted by Crippen LogP contribution is 2.39. The first-order valence-corrected chi connectivity index (χ1v) is 13.6. The van der Waals surface area contributed by atoms with Crippen LogP contribution >= 0.6 is 0 Å². The molecule has 0 N–H and O–H groups in total. The lowest BCUT2D eigenvalue weighted by atomic mass is 9.95. The van der Waals surface area contributed by atoms with E-state index in [-0.39, 0.29) is 18.1 Å². The SMILES string of the molecule is CC(=O)OC1O[C@H](CO[Si](c2ccccc2)(c2ccccc2)C(C)(C)C)[C@@H](CC#N)[C@H]1OC(C)=O. The largest absolute Gasteiger partial charge is 0.455 e. The van der Waals surface area contributed by atoms with Crippen LogP contribution in [0.3, 0.4) is 0 Å². The van der Waals surface area contributed by atoms with Crippen molar-refractivity contribution in [3.8, 4) is 6.07 Å². The first kappa shape index (κ1) is 26.6. The standard InChI is InChI=1S/C27H33NO6Si/c1-19(29)32-25-23(16-17-28)24(34-26(25)33-20(2)30)18-31-35(27(3,4)5,21-12-8-6-9-13-21)22-14-10-7-11-15-22/h6-15,23-26H,16,18H2,1-5H3/t23-,24-,25-,26?/m1/s1. The number of carbonyl (C=O) groups is 2. The molecule has 3 rings (SSSR count). The fourth-order valence-corrected chi connectivity index (χ4v) is 9.41. The number of hydrogen-bond donors (Lipinski definition) is 0. The van der Waals surface area contributed by atoms with E-state index in [1.807, 2.05) is 36.4 Å². The molecule has 1 fully saturated rings. The molecule has 1 heterocycles. The number of esters is 2. The maximum atomic E-state index is 11.8. The van der Waals surface area contributed by atoms with Gasteiger partial charge >= 0.3 is 11.9 Å². The first-order chi connectivity index (χ1) is 16.6. The van der Waals surface area contributed by atoms with Crippen LogP contribution in [0.5, 0.6) is 0 Å². The number of rotatable bonds is 8. The highest BCUT2D eigenvalue weighted by Gasteiger charge is 2.53. The van der Waals surface area contributed by atoms with Crippen molar-refractivity contribution in [1.82, 2.24) is 0 Å². The van der Waals surface area contributed by atoms with Crippen LogP contribution < -0.4 is 10.4 Å². The van der Waals surface area contributed by atoms with Crippen LogP contribution in [-0.4, -0.2) is 45.4 Å². The highest BCUT2D eigenvalue weighted by molar-refractivity contribution is 6.99. The molecule has 1 aliphatic rings. The average molecular weight is 496 g/mol. The van der Waals surface area contributed by atoms with E-state index in [9.17, 15) is 14.9 Å². The van der Waals surface area contributed by atoms with E-state index >= 15 is 0 Å². The second-order valence-corrected chi connectivity index (χ2v) is 14.0. The molecule has 0 aromatic heterocycles. The highest BCUT2D eigenvalue weighted by atomic mass is 28.4. The van der Waals surface area contributed by atoms with Gasteiger partial charge in [0.25, 0.3) is 8.32 Å². The molecule has 0 spiro atoms. The minimum Gasteiger partial charge on any atom is -0.455 e. The molecule has 4 atom stereocenters. The third-order valence-electron chi connectivity index (χ3n) is 6.27. The molecule has 8 heteroatoms. The number of ether oxygens (including phenoxy) is 3. The summed E-state index contributed by atoms with van der Waals surface area (Å²) in [4.78, 5) is 23.5. The summed E-state index contributed by atoms with van der Waals surface area (Å²) in [7, 11) is -2.86. The Bertz CT molecular complexity index is 1010. The first-order valence-electron chi connectivity index (χ1n) is 11.7. The van der Waals surface area contributed by atoms with E-state index in [2.05, 4.69) is 51.1 Å². The zero-order chi connectivity index (χ0) is 25.6. The van der Waals surface area contributed by atoms with E-state index in [4.69, 9.17) is 18.6 Å². The van der Waals surface area contributed by atoms with E-state index in [0.29, 0.717) is 0 Å². The fourth-order valence-electron chi connectivity index (χ4n) is 4.84. The van der Waals surface area contributed by atoms with Gasteiger partial charge in [-0.25, -0.2) is 0 Å². The van der Waals surface area contributed by atoms with Gasteiger partial charge in [-0.1, -0.05) is 81.4 Å². The monoisotopic (exact) mass is 495 g/mol. The number of carbonyl (C=O) groups excluding carboxylic acids is 2. The molecule has 1 saturated heterocycles. The summed E-state index contributed by atoms with van der Waals surface area (Å²) in [6.07, 6.45) is -2.53. The van der Waals surface area contributed by atoms with Crippen molar-refractivity contribution < 1.29 is 28.2 Å². The van der Waals surface area contributed by atoms with Crippen LogP contribution in [0.4, 0.5) is 0 Å². The van der Waals surface area contributed by atoms with Crippen molar-refractivity contribution in [2.24, 2.45) is 5.92 Å². The fraction of sp³-hybridized carbons (Fsp3) is 0.444. The maximum absolute atomic E-state index is 11.8. The summed E-state index contributed by atoms with van der Waals surface area (Å²) in [6.45, 7) is 9.20. The van der Waals surface area contributed by atoms with Crippen molar-refractivity contribution in [2.45, 2.75) is 64.6 Å². The third kappa shape index (κ3) is 5.81. The summed E-state index contributed by atoms with van der Waals surface area (Å²) >= 11 is 0. The van der Waals surface area contributed by atoms with Crippen molar-refractivity contribution in [1.29, 1.82) is 5.26 Å². The van der Waals surface area contributed by atoms with Crippen molar-refractivity contribution >= 4 is 30.6 Å². The molecular formula is C27H33NO6Si. The zero-order valence-corrected chi connectivity index (χ0v) is 21.9. The molecule has 2 aromatic carbocycles. The van der Waals surface area contributed by atoms with Gasteiger partial charge in [0, 0.05) is 26.2 Å². The third-order valence-corrected chi connectivity index (χ3v) is 11.3. The van der Waals surface area contributed by atoms with Crippen molar-refractivity contribution in [2.75, 3.05) is 6.61 Å². The van der Waals surface area contributed by atoms with Crippen LogP contribution in [0.25, 0.3) is 0 Å². The van der Waals surface area contributed by atoms with E-state index in [1.54, 1.807) is 0 Å². The number of hydrogen-bond acceptors (Lipinski definition) is 7. The molecule has 1 aliphatic heterocycles. The lowest BCUT2D eigenvalue weighted by Gasteiger charge is -2.43. The topological polar surface area (TPSA) is 94.9 Å². The summed E-state index contributed by atoms with van der Waals surface area (Å²) < 4.78 is 23.8. The van der Waals surface area contributed by atoms with Gasteiger partial charge in [-0.15, -0.1) is 0 Å². The Morgan fingerprint density at radius 1 is 0.943 bits per heavy atom. The zero-order valence-electron chi connectivity index (χ0n) is 20.9. The Morgan fingerprint density at radius 2 is 1.46 bits per heavy atom. The Kier molecular flexibility index (Phi) is 8.49. The van der Waals surface area contributed by atoms with Crippen LogP contribution in [0.1, 0.15) is 41.0 Å². The van der Waals surface area contributed by atoms with Gasteiger partial charge < -0.3 is 18.6 Å². The van der Waals surface area contributed by atoms with Crippen LogP contribution in [0.2, 0.25) is 5.04 Å². The van der Waals surface area contributed by atoms with Gasteiger partial charge in [-0.05, 0) is 15.4 Å². The van der Waals surface area contributed by atoms with Gasteiger partial charge in [0.2, 0.25) is 6.29 Å². The maximum Gasteiger partial charge on any atom is 0.305 e. The lowest BCUT2D eigenvalue weighted by Crippen LogP contribution is -2.67. The van der Waals surface area contributed by atoms with E-state index in [0.717, 1.165) is 10.4 Å². The summed E-state index contributed by atoms with van der Waals surface area (Å²) in [5.74, 6) is -1.60. The molecule has 7 nitrogen and oxygen atoms in total. The Balaban J connectivity index is 2.01. The molecule has 2 aromatic rings. The van der Waals surface area contributed by atoms with E-state index < -0.39 is 44.7 Å². The van der Waals surface area contributed by atoms with Gasteiger partial charge in [-0.3, -0.25) is 9.59 Å². The van der Waals surface area contributed by atoms with Gasteiger partial charge in [-0.2, -0.15) is 5.26 Å². The predicted molar refractivity (Wildman–Crippen MR) is 133 cm³/mol. The number of nitriles is 1. The van der Waals surface area contributed by atoms with Crippen molar-refractivity contribution in [3.63, 3.8) is 0 Å². The van der Waals surface area contributed by atoms with Gasteiger partial charge in [0.1, 0.15) is 0 Å². The van der Waals surface area contributed by atoms with Crippen molar-refractivity contribution in [3.05, 3.63) is 60.7 Å². The Morgan fingerprint density at radius 3 is 1.89 bits per heavy atom. The number of nitrogens with zero attached hydrogens (tertiary/aromatic N) is 1. The molecular weight excluding hydrogens is 462 g/mol. The Labute approximate surface area is 208 Å². The minimum atomic E-state index is -2.86. The lowest BCUT2D eigenvalue weighted by molar-refractivity contribution is -0.195. The van der Waals surface area contributed by atoms with E-state index in [1.165, 1.54) is 13.8 Å². The van der Waals surface area contributed by atoms with Crippen LogP contribution in [0.15, 0.2) is 60.7 Å². The smallest absolute Gasteiger partial charge is 0.305 e. The quantitative estimate of drug-likeness (QED) is 0.410. The molecule has 35 heavy (non-hydrogen) atoms. The minimum absolute atomic E-state index is 0.0600. The molecule has 0 amide bonds. The normalized spacial score (nSPS) is 22.3. The average Bonchev–Trinajstić information content (AvgIpc) is 3.10. The summed E-state index contributed by atoms with van der Waals surface area (Å²) in [6, 6.07) is 22.5. The molecule has 0 aliphatic carbocycles. The molecule has 1 unspecified atom stereocenters. The molecule has 0 saturated carbocycles. The van der Waals surface area contributed by atoms with Gasteiger partial charge in [0.05, 0.1) is 18.8 Å².